The lowest BCUT2D eigenvalue weighted by Crippen LogP contribution is -2.39. The number of methoxy groups -OCH3 is 1. The van der Waals surface area contributed by atoms with Gasteiger partial charge in [0.15, 0.2) is 11.2 Å². The maximum absolute atomic E-state index is 13.5. The van der Waals surface area contributed by atoms with Gasteiger partial charge in [0.1, 0.15) is 11.1 Å². The van der Waals surface area contributed by atoms with E-state index in [0.29, 0.717) is 11.5 Å². The molecule has 0 aliphatic carbocycles. The van der Waals surface area contributed by atoms with Gasteiger partial charge < -0.3 is 4.74 Å². The first kappa shape index (κ1) is 20.5. The Bertz CT molecular complexity index is 1740. The van der Waals surface area contributed by atoms with Gasteiger partial charge >= 0.3 is 5.69 Å². The number of benzene rings is 2. The Labute approximate surface area is 187 Å². The predicted molar refractivity (Wildman–Crippen MR) is 125 cm³/mol. The SMILES string of the molecule is COc1ccc(/C=c2\c(=O)n(Cc3ccccc3)c3nc4c(c(=O)n(C)c(=O)n4C)n23)cc1. The Kier molecular flexibility index (Phi) is 4.74. The summed E-state index contributed by atoms with van der Waals surface area (Å²) >= 11 is 0. The minimum atomic E-state index is -0.512. The van der Waals surface area contributed by atoms with Crippen LogP contribution in [0, 0.1) is 0 Å². The molecule has 0 bridgehead atoms. The van der Waals surface area contributed by atoms with E-state index in [-0.39, 0.29) is 28.6 Å². The third-order valence-electron chi connectivity index (χ3n) is 5.79. The summed E-state index contributed by atoms with van der Waals surface area (Å²) in [5.41, 5.74) is 0.803. The van der Waals surface area contributed by atoms with Crippen LogP contribution in [0.5, 0.6) is 5.75 Å². The predicted octanol–water partition coefficient (Wildman–Crippen LogP) is 0.651. The molecule has 5 rings (SSSR count). The maximum Gasteiger partial charge on any atom is 0.332 e. The minimum absolute atomic E-state index is 0.179. The molecule has 9 heteroatoms. The number of rotatable bonds is 4. The summed E-state index contributed by atoms with van der Waals surface area (Å²) in [5.74, 6) is 0.996. The zero-order valence-corrected chi connectivity index (χ0v) is 18.3. The summed E-state index contributed by atoms with van der Waals surface area (Å²) in [5, 5.41) is 0.282. The fourth-order valence-electron chi connectivity index (χ4n) is 4.01. The van der Waals surface area contributed by atoms with Crippen molar-refractivity contribution in [1.29, 1.82) is 0 Å². The lowest BCUT2D eigenvalue weighted by atomic mass is 10.2. The Morgan fingerprint density at radius 2 is 1.61 bits per heavy atom. The molecular weight excluding hydrogens is 422 g/mol. The highest BCUT2D eigenvalue weighted by atomic mass is 16.5. The van der Waals surface area contributed by atoms with Crippen LogP contribution < -0.4 is 26.9 Å². The van der Waals surface area contributed by atoms with E-state index in [1.54, 1.807) is 36.8 Å². The molecule has 0 atom stereocenters. The van der Waals surface area contributed by atoms with Gasteiger partial charge in [0.25, 0.3) is 11.1 Å². The molecule has 0 unspecified atom stereocenters. The zero-order chi connectivity index (χ0) is 23.3. The third-order valence-corrected chi connectivity index (χ3v) is 5.79. The van der Waals surface area contributed by atoms with Crippen molar-refractivity contribution in [2.24, 2.45) is 14.1 Å². The van der Waals surface area contributed by atoms with Crippen molar-refractivity contribution in [2.45, 2.75) is 6.54 Å². The summed E-state index contributed by atoms with van der Waals surface area (Å²) in [6.45, 7) is 0.275. The summed E-state index contributed by atoms with van der Waals surface area (Å²) in [7, 11) is 4.55. The zero-order valence-electron chi connectivity index (χ0n) is 18.3. The normalized spacial score (nSPS) is 12.2. The second-order valence-corrected chi connectivity index (χ2v) is 7.80. The van der Waals surface area contributed by atoms with Gasteiger partial charge in [-0.05, 0) is 29.3 Å². The van der Waals surface area contributed by atoms with Crippen molar-refractivity contribution in [3.8, 4) is 5.75 Å². The summed E-state index contributed by atoms with van der Waals surface area (Å²) in [6, 6.07) is 16.8. The molecule has 166 valence electrons. The molecule has 0 amide bonds. The standard InChI is InChI=1S/C24H21N5O4/c1-26-20-19(22(31)27(2)24(26)32)29-18(13-15-9-11-17(33-3)12-10-15)21(30)28(23(29)25-20)14-16-7-5-4-6-8-16/h4-13H,14H2,1-3H3/b18-13+. The average molecular weight is 443 g/mol. The third kappa shape index (κ3) is 3.16. The highest BCUT2D eigenvalue weighted by Crippen LogP contribution is 2.13. The Morgan fingerprint density at radius 3 is 2.27 bits per heavy atom. The van der Waals surface area contributed by atoms with E-state index >= 15 is 0 Å². The molecule has 0 spiro atoms. The number of imidazole rings is 2. The van der Waals surface area contributed by atoms with Gasteiger partial charge in [0.05, 0.1) is 13.7 Å². The summed E-state index contributed by atoms with van der Waals surface area (Å²) in [4.78, 5) is 43.7. The van der Waals surface area contributed by atoms with Crippen molar-refractivity contribution < 1.29 is 4.74 Å². The molecule has 33 heavy (non-hydrogen) atoms. The molecular formula is C24H21N5O4. The van der Waals surface area contributed by atoms with Gasteiger partial charge in [-0.2, -0.15) is 4.98 Å². The minimum Gasteiger partial charge on any atom is -0.497 e. The lowest BCUT2D eigenvalue weighted by Gasteiger charge is -2.02. The van der Waals surface area contributed by atoms with Crippen molar-refractivity contribution >= 4 is 23.0 Å². The van der Waals surface area contributed by atoms with Crippen molar-refractivity contribution in [3.63, 3.8) is 0 Å². The molecule has 2 aromatic carbocycles. The van der Waals surface area contributed by atoms with Crippen LogP contribution in [0.15, 0.2) is 69.0 Å². The highest BCUT2D eigenvalue weighted by molar-refractivity contribution is 5.76. The number of hydrogen-bond acceptors (Lipinski definition) is 5. The fourth-order valence-corrected chi connectivity index (χ4v) is 4.01. The van der Waals surface area contributed by atoms with Gasteiger partial charge in [-0.15, -0.1) is 0 Å². The molecule has 0 aliphatic rings. The van der Waals surface area contributed by atoms with Crippen LogP contribution >= 0.6 is 0 Å². The van der Waals surface area contributed by atoms with E-state index < -0.39 is 11.2 Å². The molecule has 0 aliphatic heterocycles. The molecule has 3 aromatic heterocycles. The first-order chi connectivity index (χ1) is 15.9. The summed E-state index contributed by atoms with van der Waals surface area (Å²) < 4.78 is 10.6. The quantitative estimate of drug-likeness (QED) is 0.407. The van der Waals surface area contributed by atoms with Gasteiger partial charge in [0, 0.05) is 14.1 Å². The molecule has 0 radical (unpaired) electrons. The Balaban J connectivity index is 1.91. The van der Waals surface area contributed by atoms with E-state index in [9.17, 15) is 14.4 Å². The molecule has 5 aromatic rings. The van der Waals surface area contributed by atoms with E-state index in [1.165, 1.54) is 16.2 Å². The van der Waals surface area contributed by atoms with E-state index in [0.717, 1.165) is 15.7 Å². The molecule has 3 heterocycles. The van der Waals surface area contributed by atoms with Crippen molar-refractivity contribution in [3.05, 3.63) is 102 Å². The Hall–Kier alpha value is -4.40. The van der Waals surface area contributed by atoms with Crippen LogP contribution in [0.4, 0.5) is 0 Å². The number of aromatic nitrogens is 5. The van der Waals surface area contributed by atoms with Crippen LogP contribution in [0.1, 0.15) is 11.1 Å². The monoisotopic (exact) mass is 443 g/mol. The largest absolute Gasteiger partial charge is 0.497 e. The van der Waals surface area contributed by atoms with Crippen LogP contribution in [0.25, 0.3) is 23.0 Å². The molecule has 0 fully saturated rings. The van der Waals surface area contributed by atoms with Gasteiger partial charge in [-0.3, -0.25) is 27.7 Å². The highest BCUT2D eigenvalue weighted by Gasteiger charge is 2.21. The second kappa shape index (κ2) is 7.63. The number of ether oxygens (including phenoxy) is 1. The average Bonchev–Trinajstić information content (AvgIpc) is 3.34. The summed E-state index contributed by atoms with van der Waals surface area (Å²) in [6.07, 6.45) is 1.71. The van der Waals surface area contributed by atoms with Crippen molar-refractivity contribution in [2.75, 3.05) is 7.11 Å². The number of aryl methyl sites for hydroxylation is 1. The van der Waals surface area contributed by atoms with Crippen LogP contribution in [-0.4, -0.2) is 30.2 Å². The lowest BCUT2D eigenvalue weighted by molar-refractivity contribution is 0.415. The van der Waals surface area contributed by atoms with Crippen LogP contribution in [0.2, 0.25) is 0 Å². The number of fused-ring (bicyclic) bond motifs is 3. The van der Waals surface area contributed by atoms with E-state index in [1.807, 2.05) is 42.5 Å². The number of hydrogen-bond donors (Lipinski definition) is 0. The van der Waals surface area contributed by atoms with Crippen LogP contribution in [0.3, 0.4) is 0 Å². The van der Waals surface area contributed by atoms with E-state index in [4.69, 9.17) is 4.74 Å². The maximum atomic E-state index is 13.5. The van der Waals surface area contributed by atoms with Crippen molar-refractivity contribution in [1.82, 2.24) is 23.1 Å². The van der Waals surface area contributed by atoms with Crippen LogP contribution in [-0.2, 0) is 20.6 Å². The molecule has 9 nitrogen and oxygen atoms in total. The topological polar surface area (TPSA) is 92.5 Å². The molecule has 0 N–H and O–H groups in total. The fraction of sp³-hybridized carbons (Fsp3) is 0.167. The smallest absolute Gasteiger partial charge is 0.332 e. The molecule has 0 saturated carbocycles. The van der Waals surface area contributed by atoms with E-state index in [2.05, 4.69) is 4.98 Å². The first-order valence-corrected chi connectivity index (χ1v) is 10.3. The van der Waals surface area contributed by atoms with Gasteiger partial charge in [0.2, 0.25) is 5.78 Å². The van der Waals surface area contributed by atoms with Gasteiger partial charge in [-0.1, -0.05) is 42.5 Å². The number of nitrogens with zero attached hydrogens (tertiary/aromatic N) is 5. The van der Waals surface area contributed by atoms with Gasteiger partial charge in [-0.25, -0.2) is 4.79 Å². The Morgan fingerprint density at radius 1 is 0.909 bits per heavy atom. The first-order valence-electron chi connectivity index (χ1n) is 10.3. The molecule has 0 saturated heterocycles. The second-order valence-electron chi connectivity index (χ2n) is 7.80.